The Labute approximate surface area is 118 Å². The average molecular weight is 275 g/mol. The van der Waals surface area contributed by atoms with Crippen LogP contribution in [0, 0.1) is 0 Å². The highest BCUT2D eigenvalue weighted by Gasteiger charge is 2.14. The van der Waals surface area contributed by atoms with Gasteiger partial charge in [0.1, 0.15) is 0 Å². The number of aromatic amines is 1. The number of rotatable bonds is 5. The van der Waals surface area contributed by atoms with E-state index in [0.29, 0.717) is 12.8 Å². The molecule has 2 N–H and O–H groups in total. The molecule has 108 valence electrons. The van der Waals surface area contributed by atoms with E-state index in [2.05, 4.69) is 21.6 Å². The summed E-state index contributed by atoms with van der Waals surface area (Å²) in [4.78, 5) is 22.8. The molecule has 2 rings (SSSR count). The third-order valence-corrected chi connectivity index (χ3v) is 3.60. The Kier molecular flexibility index (Phi) is 5.09. The molecule has 5 nitrogen and oxygen atoms in total. The summed E-state index contributed by atoms with van der Waals surface area (Å²) < 4.78 is 0. The highest BCUT2D eigenvalue weighted by Crippen LogP contribution is 2.20. The van der Waals surface area contributed by atoms with E-state index in [1.807, 2.05) is 6.92 Å². The number of nitrogens with zero attached hydrogens (tertiary/aromatic N) is 1. The molecule has 0 saturated carbocycles. The van der Waals surface area contributed by atoms with Crippen LogP contribution in [0.2, 0.25) is 0 Å². The van der Waals surface area contributed by atoms with Crippen molar-refractivity contribution in [3.63, 3.8) is 0 Å². The maximum Gasteiger partial charge on any atom is 0.264 e. The zero-order chi connectivity index (χ0) is 14.4. The van der Waals surface area contributed by atoms with Crippen LogP contribution < -0.4 is 10.9 Å². The van der Waals surface area contributed by atoms with Gasteiger partial charge in [-0.05, 0) is 38.7 Å². The lowest BCUT2D eigenvalue weighted by Crippen LogP contribution is -2.34. The Hall–Kier alpha value is -1.91. The van der Waals surface area contributed by atoms with Crippen LogP contribution in [-0.4, -0.2) is 22.1 Å². The van der Waals surface area contributed by atoms with Gasteiger partial charge in [-0.1, -0.05) is 11.6 Å². The Morgan fingerprint density at radius 2 is 2.30 bits per heavy atom. The number of hydrogen-bond donors (Lipinski definition) is 2. The molecule has 20 heavy (non-hydrogen) atoms. The lowest BCUT2D eigenvalue weighted by molar-refractivity contribution is -0.121. The van der Waals surface area contributed by atoms with Crippen LogP contribution in [0.3, 0.4) is 0 Å². The predicted molar refractivity (Wildman–Crippen MR) is 77.3 cm³/mol. The van der Waals surface area contributed by atoms with Crippen molar-refractivity contribution < 1.29 is 4.79 Å². The van der Waals surface area contributed by atoms with E-state index >= 15 is 0 Å². The zero-order valence-electron chi connectivity index (χ0n) is 11.8. The topological polar surface area (TPSA) is 74.8 Å². The van der Waals surface area contributed by atoms with Crippen LogP contribution in [0.5, 0.6) is 0 Å². The molecule has 1 heterocycles. The number of amides is 1. The van der Waals surface area contributed by atoms with Gasteiger partial charge in [-0.3, -0.25) is 9.59 Å². The van der Waals surface area contributed by atoms with Crippen LogP contribution in [0.4, 0.5) is 0 Å². The molecule has 1 aliphatic carbocycles. The summed E-state index contributed by atoms with van der Waals surface area (Å²) in [6, 6.07) is 3.20. The van der Waals surface area contributed by atoms with Crippen LogP contribution in [0.15, 0.2) is 28.6 Å². The van der Waals surface area contributed by atoms with Crippen molar-refractivity contribution >= 4 is 5.91 Å². The Morgan fingerprint density at radius 1 is 1.45 bits per heavy atom. The summed E-state index contributed by atoms with van der Waals surface area (Å²) in [6.45, 7) is 2.04. The molecule has 1 amide bonds. The Bertz CT molecular complexity index is 528. The number of aryl methyl sites for hydroxylation is 1. The molecular formula is C15H21N3O2. The first-order chi connectivity index (χ1) is 9.65. The van der Waals surface area contributed by atoms with Gasteiger partial charge in [0.2, 0.25) is 5.91 Å². The minimum atomic E-state index is -0.226. The summed E-state index contributed by atoms with van der Waals surface area (Å²) >= 11 is 0. The predicted octanol–water partition coefficient (Wildman–Crippen LogP) is 1.71. The van der Waals surface area contributed by atoms with Gasteiger partial charge < -0.3 is 5.32 Å². The maximum absolute atomic E-state index is 11.9. The first kappa shape index (κ1) is 14.5. The van der Waals surface area contributed by atoms with Crippen molar-refractivity contribution in [3.8, 4) is 0 Å². The van der Waals surface area contributed by atoms with Crippen LogP contribution in [-0.2, 0) is 11.2 Å². The van der Waals surface area contributed by atoms with Crippen LogP contribution >= 0.6 is 0 Å². The SMILES string of the molecule is CC(NC(=O)CCc1ccc(=O)[nH]n1)C1=CCCCC1. The Balaban J connectivity index is 1.78. The molecule has 0 fully saturated rings. The average Bonchev–Trinajstić information content (AvgIpc) is 2.47. The number of nitrogens with one attached hydrogen (secondary N) is 2. The number of aromatic nitrogens is 2. The lowest BCUT2D eigenvalue weighted by Gasteiger charge is -2.20. The van der Waals surface area contributed by atoms with E-state index in [1.54, 1.807) is 6.07 Å². The van der Waals surface area contributed by atoms with Crippen LogP contribution in [0.1, 0.15) is 44.7 Å². The third-order valence-electron chi connectivity index (χ3n) is 3.60. The van der Waals surface area contributed by atoms with Crippen molar-refractivity contribution in [2.24, 2.45) is 0 Å². The molecule has 5 heteroatoms. The Morgan fingerprint density at radius 3 is 2.95 bits per heavy atom. The molecule has 0 aromatic carbocycles. The minimum Gasteiger partial charge on any atom is -0.350 e. The molecule has 0 radical (unpaired) electrons. The monoisotopic (exact) mass is 275 g/mol. The molecule has 1 atom stereocenters. The lowest BCUT2D eigenvalue weighted by atomic mass is 9.94. The molecule has 1 unspecified atom stereocenters. The summed E-state index contributed by atoms with van der Waals surface area (Å²) in [6.07, 6.45) is 7.85. The van der Waals surface area contributed by atoms with Crippen molar-refractivity contribution in [1.82, 2.24) is 15.5 Å². The third kappa shape index (κ3) is 4.33. The molecule has 0 aliphatic heterocycles. The van der Waals surface area contributed by atoms with Gasteiger partial charge in [-0.25, -0.2) is 5.10 Å². The molecule has 1 aromatic heterocycles. The van der Waals surface area contributed by atoms with E-state index < -0.39 is 0 Å². The molecule has 1 aromatic rings. The van der Waals surface area contributed by atoms with Crippen molar-refractivity contribution in [1.29, 1.82) is 0 Å². The quantitative estimate of drug-likeness (QED) is 0.803. The normalized spacial score (nSPS) is 16.4. The van der Waals surface area contributed by atoms with Gasteiger partial charge in [0, 0.05) is 24.9 Å². The first-order valence-electron chi connectivity index (χ1n) is 7.18. The van der Waals surface area contributed by atoms with E-state index in [9.17, 15) is 9.59 Å². The number of carbonyl (C=O) groups excluding carboxylic acids is 1. The molecule has 0 saturated heterocycles. The maximum atomic E-state index is 11.9. The van der Waals surface area contributed by atoms with E-state index in [4.69, 9.17) is 0 Å². The number of allylic oxidation sites excluding steroid dienone is 1. The first-order valence-corrected chi connectivity index (χ1v) is 7.18. The van der Waals surface area contributed by atoms with Crippen molar-refractivity contribution in [2.75, 3.05) is 0 Å². The molecule has 1 aliphatic rings. The highest BCUT2D eigenvalue weighted by atomic mass is 16.1. The summed E-state index contributed by atoms with van der Waals surface area (Å²) in [5.41, 5.74) is 1.84. The second kappa shape index (κ2) is 7.03. The molecule has 0 spiro atoms. The number of carbonyl (C=O) groups is 1. The fourth-order valence-electron chi connectivity index (χ4n) is 2.42. The van der Waals surface area contributed by atoms with Gasteiger partial charge >= 0.3 is 0 Å². The van der Waals surface area contributed by atoms with Gasteiger partial charge in [-0.15, -0.1) is 0 Å². The van der Waals surface area contributed by atoms with Crippen molar-refractivity contribution in [3.05, 3.63) is 39.8 Å². The fraction of sp³-hybridized carbons (Fsp3) is 0.533. The summed E-state index contributed by atoms with van der Waals surface area (Å²) in [7, 11) is 0. The van der Waals surface area contributed by atoms with E-state index in [-0.39, 0.29) is 17.5 Å². The van der Waals surface area contributed by atoms with Crippen molar-refractivity contribution in [2.45, 2.75) is 51.5 Å². The second-order valence-electron chi connectivity index (χ2n) is 5.23. The van der Waals surface area contributed by atoms with E-state index in [0.717, 1.165) is 18.5 Å². The minimum absolute atomic E-state index is 0.0250. The molecule has 0 bridgehead atoms. The van der Waals surface area contributed by atoms with E-state index in [1.165, 1.54) is 24.5 Å². The zero-order valence-corrected chi connectivity index (χ0v) is 11.8. The smallest absolute Gasteiger partial charge is 0.264 e. The highest BCUT2D eigenvalue weighted by molar-refractivity contribution is 5.76. The largest absolute Gasteiger partial charge is 0.350 e. The fourth-order valence-corrected chi connectivity index (χ4v) is 2.42. The van der Waals surface area contributed by atoms with Gasteiger partial charge in [0.25, 0.3) is 5.56 Å². The van der Waals surface area contributed by atoms with Crippen LogP contribution in [0.25, 0.3) is 0 Å². The standard InChI is InChI=1S/C15H21N3O2/c1-11(12-5-3-2-4-6-12)16-14(19)9-7-13-8-10-15(20)18-17-13/h5,8,10-11H,2-4,6-7,9H2,1H3,(H,16,19)(H,18,20). The van der Waals surface area contributed by atoms with Gasteiger partial charge in [0.05, 0.1) is 5.69 Å². The second-order valence-corrected chi connectivity index (χ2v) is 5.23. The summed E-state index contributed by atoms with van der Waals surface area (Å²) in [5.74, 6) is 0.0250. The molecular weight excluding hydrogens is 254 g/mol. The number of hydrogen-bond acceptors (Lipinski definition) is 3. The van der Waals surface area contributed by atoms with Gasteiger partial charge in [-0.2, -0.15) is 5.10 Å². The summed E-state index contributed by atoms with van der Waals surface area (Å²) in [5, 5.41) is 9.28. The van der Waals surface area contributed by atoms with Gasteiger partial charge in [0.15, 0.2) is 0 Å². The number of H-pyrrole nitrogens is 1.